The molecule has 0 aliphatic carbocycles. The van der Waals surface area contributed by atoms with E-state index in [0.29, 0.717) is 0 Å². The van der Waals surface area contributed by atoms with Crippen molar-refractivity contribution in [3.63, 3.8) is 0 Å². The second-order valence-corrected chi connectivity index (χ2v) is 5.97. The summed E-state index contributed by atoms with van der Waals surface area (Å²) in [7, 11) is 0. The fourth-order valence-corrected chi connectivity index (χ4v) is 3.33. The molecule has 0 bridgehead atoms. The molecule has 4 heteroatoms. The van der Waals surface area contributed by atoms with Crippen molar-refractivity contribution in [3.05, 3.63) is 65.7 Å². The number of amides is 1. The van der Waals surface area contributed by atoms with Gasteiger partial charge >= 0.3 is 0 Å². The van der Waals surface area contributed by atoms with Gasteiger partial charge in [0.15, 0.2) is 0 Å². The molecule has 1 heterocycles. The van der Waals surface area contributed by atoms with E-state index in [1.54, 1.807) is 11.8 Å². The molecule has 2 aromatic rings. The Morgan fingerprint density at radius 1 is 1.00 bits per heavy atom. The summed E-state index contributed by atoms with van der Waals surface area (Å²) in [6, 6.07) is 18.1. The second kappa shape index (κ2) is 6.11. The zero-order valence-corrected chi connectivity index (χ0v) is 11.8. The van der Waals surface area contributed by atoms with Crippen LogP contribution in [-0.2, 0) is 6.42 Å². The van der Waals surface area contributed by atoms with Crippen LogP contribution < -0.4 is 10.9 Å². The molecular formula is C16H16N2OS. The van der Waals surface area contributed by atoms with Crippen LogP contribution in [0.1, 0.15) is 22.3 Å². The highest BCUT2D eigenvalue weighted by Gasteiger charge is 2.20. The summed E-state index contributed by atoms with van der Waals surface area (Å²) < 4.78 is 0. The number of hydrogen-bond donors (Lipinski definition) is 2. The van der Waals surface area contributed by atoms with Crippen molar-refractivity contribution in [2.75, 3.05) is 0 Å². The molecule has 3 rings (SSSR count). The van der Waals surface area contributed by atoms with Gasteiger partial charge in [0.2, 0.25) is 0 Å². The summed E-state index contributed by atoms with van der Waals surface area (Å²) in [6.45, 7) is 0. The number of fused-ring (bicyclic) bond motifs is 1. The molecule has 3 nitrogen and oxygen atoms in total. The van der Waals surface area contributed by atoms with Crippen LogP contribution in [-0.4, -0.2) is 11.3 Å². The lowest BCUT2D eigenvalue weighted by Gasteiger charge is -2.15. The van der Waals surface area contributed by atoms with Crippen LogP contribution in [0.2, 0.25) is 0 Å². The largest absolute Gasteiger partial charge is 0.286 e. The Kier molecular flexibility index (Phi) is 4.04. The zero-order valence-electron chi connectivity index (χ0n) is 11.0. The number of hydrogen-bond acceptors (Lipinski definition) is 3. The third kappa shape index (κ3) is 3.03. The minimum Gasteiger partial charge on any atom is -0.286 e. The number of benzene rings is 2. The zero-order chi connectivity index (χ0) is 13.8. The molecule has 0 fully saturated rings. The fourth-order valence-electron chi connectivity index (χ4n) is 2.23. The summed E-state index contributed by atoms with van der Waals surface area (Å²) >= 11 is 1.71. The maximum atomic E-state index is 11.9. The Bertz CT molecular complexity index is 600. The van der Waals surface area contributed by atoms with Gasteiger partial charge in [-0.1, -0.05) is 42.5 Å². The molecule has 20 heavy (non-hydrogen) atoms. The molecular weight excluding hydrogens is 268 g/mol. The molecule has 2 aromatic carbocycles. The molecule has 0 saturated carbocycles. The first-order valence-electron chi connectivity index (χ1n) is 6.68. The number of rotatable bonds is 3. The average Bonchev–Trinajstić information content (AvgIpc) is 2.66. The van der Waals surface area contributed by atoms with E-state index in [1.165, 1.54) is 5.56 Å². The molecule has 102 valence electrons. The van der Waals surface area contributed by atoms with Crippen LogP contribution in [0.4, 0.5) is 0 Å². The Morgan fingerprint density at radius 3 is 2.60 bits per heavy atom. The van der Waals surface area contributed by atoms with Gasteiger partial charge in [0, 0.05) is 4.90 Å². The van der Waals surface area contributed by atoms with Crippen LogP contribution >= 0.6 is 11.8 Å². The van der Waals surface area contributed by atoms with E-state index < -0.39 is 0 Å². The van der Waals surface area contributed by atoms with E-state index in [1.807, 2.05) is 30.3 Å². The molecule has 0 saturated heterocycles. The minimum absolute atomic E-state index is 0.0599. The Balaban J connectivity index is 1.69. The van der Waals surface area contributed by atoms with Gasteiger partial charge in [-0.3, -0.25) is 10.2 Å². The first-order valence-corrected chi connectivity index (χ1v) is 7.56. The van der Waals surface area contributed by atoms with Crippen LogP contribution in [0.3, 0.4) is 0 Å². The number of hydrazine groups is 1. The topological polar surface area (TPSA) is 41.1 Å². The summed E-state index contributed by atoms with van der Waals surface area (Å²) in [5.74, 6) is -0.0599. The monoisotopic (exact) mass is 284 g/mol. The maximum absolute atomic E-state index is 11.9. The number of thioether (sulfide) groups is 1. The van der Waals surface area contributed by atoms with Crippen molar-refractivity contribution < 1.29 is 4.79 Å². The quantitative estimate of drug-likeness (QED) is 0.910. The summed E-state index contributed by atoms with van der Waals surface area (Å²) in [4.78, 5) is 13.0. The van der Waals surface area contributed by atoms with Crippen LogP contribution in [0, 0.1) is 0 Å². The van der Waals surface area contributed by atoms with E-state index >= 15 is 0 Å². The number of nitrogens with one attached hydrogen (secondary N) is 2. The molecule has 0 spiro atoms. The van der Waals surface area contributed by atoms with Crippen LogP contribution in [0.5, 0.6) is 0 Å². The molecule has 1 aliphatic heterocycles. The second-order valence-electron chi connectivity index (χ2n) is 4.73. The lowest BCUT2D eigenvalue weighted by Crippen LogP contribution is -2.41. The lowest BCUT2D eigenvalue weighted by molar-refractivity contribution is 0.0930. The van der Waals surface area contributed by atoms with Crippen molar-refractivity contribution in [1.29, 1.82) is 0 Å². The molecule has 1 atom stereocenters. The number of carbonyl (C=O) groups is 1. The molecule has 1 amide bonds. The van der Waals surface area contributed by atoms with Gasteiger partial charge in [-0.05, 0) is 30.5 Å². The van der Waals surface area contributed by atoms with Crippen LogP contribution in [0.25, 0.3) is 0 Å². The van der Waals surface area contributed by atoms with E-state index in [-0.39, 0.29) is 11.3 Å². The van der Waals surface area contributed by atoms with Crippen LogP contribution in [0.15, 0.2) is 59.5 Å². The first kappa shape index (κ1) is 13.2. The van der Waals surface area contributed by atoms with E-state index in [4.69, 9.17) is 0 Å². The Morgan fingerprint density at radius 2 is 1.75 bits per heavy atom. The van der Waals surface area contributed by atoms with Gasteiger partial charge in [-0.15, -0.1) is 11.8 Å². The fraction of sp³-hybridized carbons (Fsp3) is 0.188. The summed E-state index contributed by atoms with van der Waals surface area (Å²) in [5.41, 5.74) is 7.95. The standard InChI is InChI=1S/C16H16N2OS/c19-16-13-8-4-5-9-14(13)20-15(17-18-16)11-10-12-6-2-1-3-7-12/h1-9,15,17H,10-11H2,(H,18,19). The van der Waals surface area contributed by atoms with Crippen molar-refractivity contribution >= 4 is 17.7 Å². The van der Waals surface area contributed by atoms with Gasteiger partial charge < -0.3 is 0 Å². The highest BCUT2D eigenvalue weighted by molar-refractivity contribution is 8.00. The van der Waals surface area contributed by atoms with Gasteiger partial charge in [0.25, 0.3) is 5.91 Å². The van der Waals surface area contributed by atoms with Gasteiger partial charge in [0.1, 0.15) is 0 Å². The smallest absolute Gasteiger partial charge is 0.266 e. The molecule has 0 radical (unpaired) electrons. The minimum atomic E-state index is -0.0599. The Labute approximate surface area is 122 Å². The third-order valence-electron chi connectivity index (χ3n) is 3.29. The van der Waals surface area contributed by atoms with Crippen molar-refractivity contribution in [2.45, 2.75) is 23.1 Å². The molecule has 0 aromatic heterocycles. The normalized spacial score (nSPS) is 18.0. The third-order valence-corrected chi connectivity index (χ3v) is 4.53. The maximum Gasteiger partial charge on any atom is 0.266 e. The summed E-state index contributed by atoms with van der Waals surface area (Å²) in [6.07, 6.45) is 1.95. The predicted molar refractivity (Wildman–Crippen MR) is 81.5 cm³/mol. The summed E-state index contributed by atoms with van der Waals surface area (Å²) in [5, 5.41) is 0.183. The number of aryl methyl sites for hydroxylation is 1. The van der Waals surface area contributed by atoms with Gasteiger partial charge in [-0.25, -0.2) is 5.43 Å². The van der Waals surface area contributed by atoms with E-state index in [9.17, 15) is 4.79 Å². The highest BCUT2D eigenvalue weighted by atomic mass is 32.2. The highest BCUT2D eigenvalue weighted by Crippen LogP contribution is 2.29. The van der Waals surface area contributed by atoms with Crippen molar-refractivity contribution in [3.8, 4) is 0 Å². The van der Waals surface area contributed by atoms with E-state index in [2.05, 4.69) is 35.1 Å². The van der Waals surface area contributed by atoms with Gasteiger partial charge in [0.05, 0.1) is 10.9 Å². The number of carbonyl (C=O) groups excluding carboxylic acids is 1. The van der Waals surface area contributed by atoms with E-state index in [0.717, 1.165) is 23.3 Å². The lowest BCUT2D eigenvalue weighted by atomic mass is 10.1. The molecule has 1 aliphatic rings. The van der Waals surface area contributed by atoms with Gasteiger partial charge in [-0.2, -0.15) is 0 Å². The van der Waals surface area contributed by atoms with Crippen molar-refractivity contribution in [2.24, 2.45) is 0 Å². The average molecular weight is 284 g/mol. The van der Waals surface area contributed by atoms with Crippen molar-refractivity contribution in [1.82, 2.24) is 10.9 Å². The Hall–Kier alpha value is -1.78. The SMILES string of the molecule is O=C1NNC(CCc2ccccc2)Sc2ccccc21. The first-order chi connectivity index (χ1) is 9.83. The predicted octanol–water partition coefficient (Wildman–Crippen LogP) is 2.99. The molecule has 1 unspecified atom stereocenters. The molecule has 2 N–H and O–H groups in total.